The van der Waals surface area contributed by atoms with Crippen LogP contribution in [0.4, 0.5) is 0 Å². The van der Waals surface area contributed by atoms with Crippen molar-refractivity contribution in [3.05, 3.63) is 151 Å². The molecule has 0 aliphatic carbocycles. The van der Waals surface area contributed by atoms with Crippen LogP contribution < -0.4 is 0 Å². The molecule has 7 aromatic rings. The standard InChI is InChI=1S/C37H24BrN5/c38-34-21-32(31-2-1-15-41-24-31)20-33(22-34)36-23-35(29-7-3-25(4-8-29)27-11-16-39-17-12-27)42-37(43-36)30-9-5-26(6-10-30)28-13-18-40-19-14-28/h1-24H. The zero-order valence-corrected chi connectivity index (χ0v) is 24.6. The molecule has 0 N–H and O–H groups in total. The highest BCUT2D eigenvalue weighted by Crippen LogP contribution is 2.33. The van der Waals surface area contributed by atoms with Crippen LogP contribution in [-0.2, 0) is 0 Å². The van der Waals surface area contributed by atoms with Crippen molar-refractivity contribution in [2.24, 2.45) is 0 Å². The van der Waals surface area contributed by atoms with E-state index in [0.717, 1.165) is 65.9 Å². The number of aromatic nitrogens is 5. The Bertz CT molecular complexity index is 1900. The molecule has 7 rings (SSSR count). The van der Waals surface area contributed by atoms with E-state index in [2.05, 4.69) is 110 Å². The number of nitrogens with zero attached hydrogens (tertiary/aromatic N) is 5. The van der Waals surface area contributed by atoms with Gasteiger partial charge in [-0.1, -0.05) is 70.5 Å². The summed E-state index contributed by atoms with van der Waals surface area (Å²) in [6.45, 7) is 0. The third-order valence-corrected chi connectivity index (χ3v) is 7.72. The van der Waals surface area contributed by atoms with Crippen LogP contribution in [0.2, 0.25) is 0 Å². The highest BCUT2D eigenvalue weighted by Gasteiger charge is 2.13. The fourth-order valence-electron chi connectivity index (χ4n) is 5.04. The van der Waals surface area contributed by atoms with Crippen molar-refractivity contribution in [3.63, 3.8) is 0 Å². The molecule has 0 spiro atoms. The normalized spacial score (nSPS) is 10.9. The molecule has 0 saturated heterocycles. The number of rotatable bonds is 6. The van der Waals surface area contributed by atoms with E-state index in [1.54, 1.807) is 18.6 Å². The Balaban J connectivity index is 1.34. The number of benzene rings is 3. The van der Waals surface area contributed by atoms with Crippen LogP contribution in [0.3, 0.4) is 0 Å². The fourth-order valence-corrected chi connectivity index (χ4v) is 5.54. The van der Waals surface area contributed by atoms with E-state index in [0.29, 0.717) is 5.82 Å². The van der Waals surface area contributed by atoms with Crippen LogP contribution in [-0.4, -0.2) is 24.9 Å². The molecule has 3 aromatic carbocycles. The van der Waals surface area contributed by atoms with Crippen LogP contribution in [0.25, 0.3) is 67.3 Å². The maximum absolute atomic E-state index is 5.08. The Morgan fingerprint density at radius 2 is 0.884 bits per heavy atom. The van der Waals surface area contributed by atoms with Crippen molar-refractivity contribution in [2.75, 3.05) is 0 Å². The van der Waals surface area contributed by atoms with Crippen LogP contribution >= 0.6 is 15.9 Å². The predicted molar refractivity (Wildman–Crippen MR) is 176 cm³/mol. The summed E-state index contributed by atoms with van der Waals surface area (Å²) in [4.78, 5) is 22.7. The molecule has 0 radical (unpaired) electrons. The second kappa shape index (κ2) is 11.9. The van der Waals surface area contributed by atoms with Crippen molar-refractivity contribution in [1.82, 2.24) is 24.9 Å². The minimum Gasteiger partial charge on any atom is -0.265 e. The average molecular weight is 619 g/mol. The molecular weight excluding hydrogens is 594 g/mol. The van der Waals surface area contributed by atoms with Gasteiger partial charge in [0.15, 0.2) is 5.82 Å². The molecule has 0 aliphatic heterocycles. The van der Waals surface area contributed by atoms with Gasteiger partial charge in [0.1, 0.15) is 0 Å². The zero-order valence-electron chi connectivity index (χ0n) is 23.0. The monoisotopic (exact) mass is 617 g/mol. The molecule has 5 nitrogen and oxygen atoms in total. The van der Waals surface area contributed by atoms with Gasteiger partial charge < -0.3 is 0 Å². The van der Waals surface area contributed by atoms with E-state index in [1.807, 2.05) is 48.9 Å². The SMILES string of the molecule is Brc1cc(-c2cccnc2)cc(-c2cc(-c3ccc(-c4ccncc4)cc3)nc(-c3ccc(-c4ccncc4)cc3)n2)c1. The highest BCUT2D eigenvalue weighted by molar-refractivity contribution is 9.10. The summed E-state index contributed by atoms with van der Waals surface area (Å²) in [5, 5.41) is 0. The first-order valence-electron chi connectivity index (χ1n) is 13.8. The number of hydrogen-bond acceptors (Lipinski definition) is 5. The van der Waals surface area contributed by atoms with Crippen molar-refractivity contribution in [3.8, 4) is 67.3 Å². The number of pyridine rings is 3. The Kier molecular flexibility index (Phi) is 7.34. The van der Waals surface area contributed by atoms with E-state index < -0.39 is 0 Å². The molecule has 6 heteroatoms. The Morgan fingerprint density at radius 3 is 1.47 bits per heavy atom. The third-order valence-electron chi connectivity index (χ3n) is 7.27. The molecule has 0 fully saturated rings. The van der Waals surface area contributed by atoms with Crippen molar-refractivity contribution >= 4 is 15.9 Å². The lowest BCUT2D eigenvalue weighted by molar-refractivity contribution is 1.18. The smallest absolute Gasteiger partial charge is 0.160 e. The van der Waals surface area contributed by atoms with Crippen molar-refractivity contribution in [2.45, 2.75) is 0 Å². The van der Waals surface area contributed by atoms with Gasteiger partial charge in [-0.15, -0.1) is 0 Å². The van der Waals surface area contributed by atoms with E-state index in [9.17, 15) is 0 Å². The first-order chi connectivity index (χ1) is 21.2. The van der Waals surface area contributed by atoms with E-state index in [4.69, 9.17) is 9.97 Å². The third kappa shape index (κ3) is 5.87. The molecule has 204 valence electrons. The Morgan fingerprint density at radius 1 is 0.372 bits per heavy atom. The largest absolute Gasteiger partial charge is 0.265 e. The van der Waals surface area contributed by atoms with Crippen LogP contribution in [0.5, 0.6) is 0 Å². The fraction of sp³-hybridized carbons (Fsp3) is 0. The lowest BCUT2D eigenvalue weighted by atomic mass is 10.00. The summed E-state index contributed by atoms with van der Waals surface area (Å²) in [5.74, 6) is 0.662. The minimum absolute atomic E-state index is 0.662. The average Bonchev–Trinajstić information content (AvgIpc) is 3.09. The first kappa shape index (κ1) is 26.6. The molecule has 4 aromatic heterocycles. The van der Waals surface area contributed by atoms with Gasteiger partial charge in [-0.3, -0.25) is 15.0 Å². The van der Waals surface area contributed by atoms with Gasteiger partial charge in [0.05, 0.1) is 11.4 Å². The molecule has 43 heavy (non-hydrogen) atoms. The topological polar surface area (TPSA) is 64.5 Å². The highest BCUT2D eigenvalue weighted by atomic mass is 79.9. The maximum atomic E-state index is 5.08. The Labute approximate surface area is 258 Å². The molecule has 0 amide bonds. The molecule has 0 saturated carbocycles. The molecule has 0 atom stereocenters. The number of hydrogen-bond donors (Lipinski definition) is 0. The van der Waals surface area contributed by atoms with Crippen LogP contribution in [0, 0.1) is 0 Å². The van der Waals surface area contributed by atoms with Crippen molar-refractivity contribution in [1.29, 1.82) is 0 Å². The van der Waals surface area contributed by atoms with Gasteiger partial charge >= 0.3 is 0 Å². The van der Waals surface area contributed by atoms with E-state index >= 15 is 0 Å². The second-order valence-electron chi connectivity index (χ2n) is 10.1. The van der Waals surface area contributed by atoms with Gasteiger partial charge in [0, 0.05) is 63.9 Å². The van der Waals surface area contributed by atoms with Gasteiger partial charge in [0.25, 0.3) is 0 Å². The Hall–Kier alpha value is -5.33. The van der Waals surface area contributed by atoms with E-state index in [1.165, 1.54) is 0 Å². The van der Waals surface area contributed by atoms with Crippen LogP contribution in [0.1, 0.15) is 0 Å². The summed E-state index contributed by atoms with van der Waals surface area (Å²) in [7, 11) is 0. The van der Waals surface area contributed by atoms with Crippen LogP contribution in [0.15, 0.2) is 151 Å². The summed E-state index contributed by atoms with van der Waals surface area (Å²) < 4.78 is 0.967. The first-order valence-corrected chi connectivity index (χ1v) is 14.6. The molecule has 4 heterocycles. The molecule has 0 bridgehead atoms. The number of halogens is 1. The van der Waals surface area contributed by atoms with Gasteiger partial charge in [-0.05, 0) is 82.4 Å². The lowest BCUT2D eigenvalue weighted by Crippen LogP contribution is -1.96. The quantitative estimate of drug-likeness (QED) is 0.186. The summed E-state index contributed by atoms with van der Waals surface area (Å²) in [6, 6.07) is 37.3. The molecule has 0 aliphatic rings. The summed E-state index contributed by atoms with van der Waals surface area (Å²) in [6.07, 6.45) is 10.9. The lowest BCUT2D eigenvalue weighted by Gasteiger charge is -2.12. The maximum Gasteiger partial charge on any atom is 0.160 e. The zero-order chi connectivity index (χ0) is 29.0. The van der Waals surface area contributed by atoms with Crippen molar-refractivity contribution < 1.29 is 0 Å². The predicted octanol–water partition coefficient (Wildman–Crippen LogP) is 9.43. The minimum atomic E-state index is 0.662. The van der Waals surface area contributed by atoms with Gasteiger partial charge in [-0.25, -0.2) is 9.97 Å². The second-order valence-corrected chi connectivity index (χ2v) is 11.0. The summed E-state index contributed by atoms with van der Waals surface area (Å²) >= 11 is 3.72. The van der Waals surface area contributed by atoms with Gasteiger partial charge in [0.2, 0.25) is 0 Å². The van der Waals surface area contributed by atoms with Gasteiger partial charge in [-0.2, -0.15) is 0 Å². The molecular formula is C37H24BrN5. The summed E-state index contributed by atoms with van der Waals surface area (Å²) in [5.41, 5.74) is 11.2. The van der Waals surface area contributed by atoms with E-state index in [-0.39, 0.29) is 0 Å². The molecule has 0 unspecified atom stereocenters.